The third-order valence-electron chi connectivity index (χ3n) is 1.89. The number of carbonyl (C=O) groups is 1. The predicted octanol–water partition coefficient (Wildman–Crippen LogP) is 3.11. The van der Waals surface area contributed by atoms with Gasteiger partial charge in [-0.05, 0) is 37.1 Å². The lowest BCUT2D eigenvalue weighted by Gasteiger charge is -2.24. The van der Waals surface area contributed by atoms with Gasteiger partial charge < -0.3 is 4.84 Å². The number of nitrogens with zero attached hydrogens (tertiary/aromatic N) is 1. The van der Waals surface area contributed by atoms with E-state index in [0.29, 0.717) is 11.1 Å². The molecule has 0 heterocycles. The van der Waals surface area contributed by atoms with E-state index in [-0.39, 0.29) is 10.8 Å². The summed E-state index contributed by atoms with van der Waals surface area (Å²) >= 11 is 0. The van der Waals surface area contributed by atoms with Crippen LogP contribution in [0.15, 0.2) is 18.2 Å². The molecule has 0 unspecified atom stereocenters. The molecule has 6 heteroatoms. The van der Waals surface area contributed by atoms with Crippen molar-refractivity contribution in [2.45, 2.75) is 27.1 Å². The topological polar surface area (TPSA) is 29.5 Å². The normalized spacial score (nSPS) is 11.2. The second-order valence-electron chi connectivity index (χ2n) is 3.69. The number of halogens is 3. The van der Waals surface area contributed by atoms with Crippen molar-refractivity contribution in [1.29, 1.82) is 0 Å². The average Bonchev–Trinajstić information content (AvgIpc) is 2.10. The molecule has 0 saturated carbocycles. The van der Waals surface area contributed by atoms with E-state index in [0.717, 1.165) is 6.92 Å². The first-order chi connectivity index (χ1) is 7.70. The Morgan fingerprint density at radius 1 is 1.18 bits per heavy atom. The van der Waals surface area contributed by atoms with E-state index in [4.69, 9.17) is 0 Å². The molecule has 0 aromatic heterocycles. The third-order valence-corrected chi connectivity index (χ3v) is 1.89. The van der Waals surface area contributed by atoms with Crippen LogP contribution in [0.5, 0.6) is 0 Å². The first-order valence-electron chi connectivity index (χ1n) is 4.84. The van der Waals surface area contributed by atoms with Gasteiger partial charge in [-0.15, -0.1) is 18.2 Å². The Kier molecular flexibility index (Phi) is 3.65. The van der Waals surface area contributed by atoms with Crippen LogP contribution >= 0.6 is 0 Å². The van der Waals surface area contributed by atoms with Crippen molar-refractivity contribution in [2.24, 2.45) is 0 Å². The summed E-state index contributed by atoms with van der Waals surface area (Å²) in [4.78, 5) is 14.9. The molecule has 0 saturated heterocycles. The summed E-state index contributed by atoms with van der Waals surface area (Å²) in [5.74, 6) is -1.03. The lowest BCUT2D eigenvalue weighted by atomic mass is 10.1. The van der Waals surface area contributed by atoms with Gasteiger partial charge in [0.1, 0.15) is 0 Å². The van der Waals surface area contributed by atoms with Crippen LogP contribution < -0.4 is 5.06 Å². The fourth-order valence-electron chi connectivity index (χ4n) is 1.45. The Balaban J connectivity index is 3.17. The largest absolute Gasteiger partial charge is 0.517 e. The molecule has 0 aliphatic carbocycles. The van der Waals surface area contributed by atoms with Gasteiger partial charge in [-0.2, -0.15) is 0 Å². The van der Waals surface area contributed by atoms with Crippen molar-refractivity contribution in [3.63, 3.8) is 0 Å². The number of carbonyl (C=O) groups excluding carboxylic acids is 1. The molecule has 1 aromatic carbocycles. The molecule has 0 fully saturated rings. The second-order valence-corrected chi connectivity index (χ2v) is 3.69. The highest BCUT2D eigenvalue weighted by atomic mass is 19.4. The summed E-state index contributed by atoms with van der Waals surface area (Å²) in [6, 6.07) is 4.32. The van der Waals surface area contributed by atoms with Crippen molar-refractivity contribution >= 4 is 11.7 Å². The summed E-state index contributed by atoms with van der Waals surface area (Å²) in [6.45, 7) is 4.25. The molecule has 0 atom stereocenters. The molecule has 94 valence electrons. The van der Waals surface area contributed by atoms with E-state index in [2.05, 4.69) is 4.84 Å². The number of hydrogen-bond donors (Lipinski definition) is 0. The second kappa shape index (κ2) is 4.65. The lowest BCUT2D eigenvalue weighted by molar-refractivity contribution is -0.197. The number of aryl methyl sites for hydroxylation is 2. The Morgan fingerprint density at radius 3 is 2.00 bits per heavy atom. The number of benzene rings is 1. The maximum absolute atomic E-state index is 12.7. The highest BCUT2D eigenvalue weighted by Crippen LogP contribution is 2.30. The Hall–Kier alpha value is -1.72. The summed E-state index contributed by atoms with van der Waals surface area (Å²) in [5.41, 5.74) is 1.09. The zero-order chi connectivity index (χ0) is 13.2. The minimum atomic E-state index is -4.77. The van der Waals surface area contributed by atoms with Crippen LogP contribution in [-0.2, 0) is 9.63 Å². The van der Waals surface area contributed by atoms with Crippen molar-refractivity contribution in [2.75, 3.05) is 5.06 Å². The molecule has 1 aromatic rings. The number of hydroxylamine groups is 1. The van der Waals surface area contributed by atoms with Gasteiger partial charge in [0.15, 0.2) is 0 Å². The third kappa shape index (κ3) is 3.65. The minimum Gasteiger partial charge on any atom is -0.333 e. The van der Waals surface area contributed by atoms with E-state index < -0.39 is 12.3 Å². The molecule has 0 aliphatic heterocycles. The maximum atomic E-state index is 12.7. The molecule has 0 aliphatic rings. The molecule has 0 radical (unpaired) electrons. The fraction of sp³-hybridized carbons (Fsp3) is 0.364. The number of hydrogen-bond acceptors (Lipinski definition) is 3. The van der Waals surface area contributed by atoms with Gasteiger partial charge in [-0.3, -0.25) is 4.79 Å². The SMILES string of the molecule is CC(=O)ON(c1cc(C)cc(C)c1)C(F)(F)F. The maximum Gasteiger partial charge on any atom is 0.517 e. The van der Waals surface area contributed by atoms with Gasteiger partial charge in [-0.25, -0.2) is 0 Å². The van der Waals surface area contributed by atoms with Crippen LogP contribution in [-0.4, -0.2) is 12.3 Å². The fourth-order valence-corrected chi connectivity index (χ4v) is 1.45. The number of anilines is 1. The quantitative estimate of drug-likeness (QED) is 0.594. The summed E-state index contributed by atoms with van der Waals surface area (Å²) in [6.07, 6.45) is -4.77. The highest BCUT2D eigenvalue weighted by Gasteiger charge is 2.41. The van der Waals surface area contributed by atoms with Gasteiger partial charge >= 0.3 is 12.3 Å². The zero-order valence-electron chi connectivity index (χ0n) is 9.63. The predicted molar refractivity (Wildman–Crippen MR) is 56.2 cm³/mol. The zero-order valence-corrected chi connectivity index (χ0v) is 9.63. The van der Waals surface area contributed by atoms with E-state index in [1.807, 2.05) is 0 Å². The first kappa shape index (κ1) is 13.3. The first-order valence-corrected chi connectivity index (χ1v) is 4.84. The van der Waals surface area contributed by atoms with Crippen LogP contribution in [0.3, 0.4) is 0 Å². The molecular formula is C11H12F3NO2. The standard InChI is InChI=1S/C11H12F3NO2/c1-7-4-8(2)6-10(5-7)15(11(12,13)14)17-9(3)16/h4-6H,1-3H3. The minimum absolute atomic E-state index is 0.217. The summed E-state index contributed by atoms with van der Waals surface area (Å²) < 4.78 is 38.0. The van der Waals surface area contributed by atoms with Gasteiger partial charge in [0.05, 0.1) is 5.69 Å². The van der Waals surface area contributed by atoms with E-state index in [1.165, 1.54) is 12.1 Å². The highest BCUT2D eigenvalue weighted by molar-refractivity contribution is 5.68. The molecule has 0 spiro atoms. The van der Waals surface area contributed by atoms with Crippen LogP contribution in [0.2, 0.25) is 0 Å². The number of rotatable bonds is 2. The molecule has 0 N–H and O–H groups in total. The van der Waals surface area contributed by atoms with Gasteiger partial charge in [-0.1, -0.05) is 6.07 Å². The van der Waals surface area contributed by atoms with Crippen LogP contribution in [0.4, 0.5) is 18.9 Å². The van der Waals surface area contributed by atoms with Gasteiger partial charge in [0, 0.05) is 6.92 Å². The van der Waals surface area contributed by atoms with Crippen molar-refractivity contribution < 1.29 is 22.8 Å². The van der Waals surface area contributed by atoms with Crippen molar-refractivity contribution in [1.82, 2.24) is 0 Å². The monoisotopic (exact) mass is 247 g/mol. The van der Waals surface area contributed by atoms with E-state index >= 15 is 0 Å². The summed E-state index contributed by atoms with van der Waals surface area (Å²) in [7, 11) is 0. The van der Waals surface area contributed by atoms with E-state index in [9.17, 15) is 18.0 Å². The number of alkyl halides is 3. The van der Waals surface area contributed by atoms with Crippen molar-refractivity contribution in [3.05, 3.63) is 29.3 Å². The molecule has 1 rings (SSSR count). The van der Waals surface area contributed by atoms with Crippen LogP contribution in [0.25, 0.3) is 0 Å². The molecule has 3 nitrogen and oxygen atoms in total. The van der Waals surface area contributed by atoms with Crippen LogP contribution in [0.1, 0.15) is 18.1 Å². The Bertz CT molecular complexity index is 409. The average molecular weight is 247 g/mol. The Labute approximate surface area is 96.7 Å². The van der Waals surface area contributed by atoms with Gasteiger partial charge in [0.25, 0.3) is 0 Å². The lowest BCUT2D eigenvalue weighted by Crippen LogP contribution is -2.39. The molecular weight excluding hydrogens is 235 g/mol. The molecule has 0 bridgehead atoms. The summed E-state index contributed by atoms with van der Waals surface area (Å²) in [5, 5.41) is -0.338. The molecule has 0 amide bonds. The smallest absolute Gasteiger partial charge is 0.333 e. The van der Waals surface area contributed by atoms with Gasteiger partial charge in [0.2, 0.25) is 0 Å². The van der Waals surface area contributed by atoms with Crippen LogP contribution in [0, 0.1) is 13.8 Å². The van der Waals surface area contributed by atoms with Crippen molar-refractivity contribution in [3.8, 4) is 0 Å². The van der Waals surface area contributed by atoms with E-state index in [1.54, 1.807) is 19.9 Å². The Morgan fingerprint density at radius 2 is 1.65 bits per heavy atom. The molecule has 17 heavy (non-hydrogen) atoms.